The van der Waals surface area contributed by atoms with Crippen molar-refractivity contribution in [1.82, 2.24) is 5.32 Å². The van der Waals surface area contributed by atoms with E-state index >= 15 is 0 Å². The smallest absolute Gasteiger partial charge is 0.224 e. The summed E-state index contributed by atoms with van der Waals surface area (Å²) in [6.07, 6.45) is 1.72. The van der Waals surface area contributed by atoms with Crippen molar-refractivity contribution in [2.45, 2.75) is 29.2 Å². The van der Waals surface area contributed by atoms with Crippen LogP contribution in [0.25, 0.3) is 0 Å². The Hall–Kier alpha value is -0.400. The molecule has 0 spiro atoms. The summed E-state index contributed by atoms with van der Waals surface area (Å²) in [5, 5.41) is 13.1. The highest BCUT2D eigenvalue weighted by molar-refractivity contribution is 14.1. The average molecular weight is 312 g/mol. The number of carbonyl (C=O) groups excluding carboxylic acids is 1. The first kappa shape index (κ1) is 11.7. The van der Waals surface area contributed by atoms with Gasteiger partial charge in [-0.05, 0) is 6.42 Å². The molecular weight excluding hydrogens is 299 g/mol. The van der Waals surface area contributed by atoms with Crippen LogP contribution in [0.2, 0.25) is 0 Å². The van der Waals surface area contributed by atoms with Gasteiger partial charge in [-0.25, -0.2) is 0 Å². The molecule has 5 nitrogen and oxygen atoms in total. The molecule has 1 saturated carbocycles. The Kier molecular flexibility index (Phi) is 4.09. The van der Waals surface area contributed by atoms with Crippen molar-refractivity contribution < 1.29 is 9.72 Å². The Morgan fingerprint density at radius 2 is 2.21 bits per heavy atom. The largest absolute Gasteiger partial charge is 0.359 e. The molecule has 3 unspecified atom stereocenters. The van der Waals surface area contributed by atoms with E-state index in [-0.39, 0.29) is 20.7 Å². The van der Waals surface area contributed by atoms with Crippen LogP contribution in [-0.2, 0) is 4.79 Å². The van der Waals surface area contributed by atoms with Gasteiger partial charge in [-0.2, -0.15) is 0 Å². The van der Waals surface area contributed by atoms with Gasteiger partial charge in [-0.3, -0.25) is 14.9 Å². The minimum absolute atomic E-state index is 0.0732. The molecule has 3 atom stereocenters. The molecule has 1 amide bonds. The molecule has 1 rings (SSSR count). The van der Waals surface area contributed by atoms with Crippen molar-refractivity contribution in [2.75, 3.05) is 7.05 Å². The number of hydrogen-bond donors (Lipinski definition) is 1. The van der Waals surface area contributed by atoms with E-state index in [2.05, 4.69) is 27.9 Å². The molecule has 0 aliphatic heterocycles. The number of alkyl halides is 1. The van der Waals surface area contributed by atoms with E-state index in [1.165, 1.54) is 0 Å². The van der Waals surface area contributed by atoms with Crippen LogP contribution in [0.1, 0.15) is 19.3 Å². The van der Waals surface area contributed by atoms with E-state index < -0.39 is 6.04 Å². The number of amides is 1. The number of nitrogens with zero attached hydrogens (tertiary/aromatic N) is 1. The third kappa shape index (κ3) is 2.55. The Morgan fingerprint density at radius 3 is 2.71 bits per heavy atom. The zero-order valence-electron chi connectivity index (χ0n) is 7.90. The molecule has 14 heavy (non-hydrogen) atoms. The zero-order valence-corrected chi connectivity index (χ0v) is 10.1. The van der Waals surface area contributed by atoms with Crippen LogP contribution in [0.15, 0.2) is 0 Å². The first-order chi connectivity index (χ1) is 6.56. The van der Waals surface area contributed by atoms with E-state index in [0.29, 0.717) is 12.8 Å². The summed E-state index contributed by atoms with van der Waals surface area (Å²) in [4.78, 5) is 21.7. The maximum absolute atomic E-state index is 11.4. The van der Waals surface area contributed by atoms with E-state index in [4.69, 9.17) is 0 Å². The average Bonchev–Trinajstić information content (AvgIpc) is 2.17. The third-order valence-electron chi connectivity index (χ3n) is 2.62. The lowest BCUT2D eigenvalue weighted by atomic mass is 9.85. The quantitative estimate of drug-likeness (QED) is 0.358. The Morgan fingerprint density at radius 1 is 1.57 bits per heavy atom. The SMILES string of the molecule is CNC(=O)C1CC([N+](=O)[O-])CCC1I. The molecule has 0 saturated heterocycles. The fraction of sp³-hybridized carbons (Fsp3) is 0.875. The second-order valence-corrected chi connectivity index (χ2v) is 5.09. The summed E-state index contributed by atoms with van der Waals surface area (Å²) < 4.78 is 0.226. The van der Waals surface area contributed by atoms with Gasteiger partial charge in [-0.15, -0.1) is 0 Å². The van der Waals surface area contributed by atoms with Crippen molar-refractivity contribution in [3.8, 4) is 0 Å². The molecule has 1 fully saturated rings. The molecule has 0 heterocycles. The van der Waals surface area contributed by atoms with Gasteiger partial charge in [0.2, 0.25) is 11.9 Å². The summed E-state index contributed by atoms with van der Waals surface area (Å²) >= 11 is 2.21. The molecule has 1 N–H and O–H groups in total. The minimum atomic E-state index is -0.539. The molecule has 1 aliphatic carbocycles. The number of halogens is 1. The van der Waals surface area contributed by atoms with Gasteiger partial charge in [0.1, 0.15) is 0 Å². The van der Waals surface area contributed by atoms with Crippen LogP contribution in [0, 0.1) is 16.0 Å². The molecule has 80 valence electrons. The van der Waals surface area contributed by atoms with Crippen LogP contribution in [-0.4, -0.2) is 27.8 Å². The van der Waals surface area contributed by atoms with Crippen molar-refractivity contribution in [2.24, 2.45) is 5.92 Å². The summed E-state index contributed by atoms with van der Waals surface area (Å²) in [6.45, 7) is 0. The molecule has 6 heteroatoms. The summed E-state index contributed by atoms with van der Waals surface area (Å²) in [7, 11) is 1.57. The van der Waals surface area contributed by atoms with Gasteiger partial charge in [0.05, 0.1) is 5.92 Å². The summed E-state index contributed by atoms with van der Waals surface area (Å²) in [5.41, 5.74) is 0. The van der Waals surface area contributed by atoms with Gasteiger partial charge < -0.3 is 5.32 Å². The molecule has 0 aromatic heterocycles. The highest BCUT2D eigenvalue weighted by Gasteiger charge is 2.38. The maximum atomic E-state index is 11.4. The van der Waals surface area contributed by atoms with Crippen molar-refractivity contribution in [3.63, 3.8) is 0 Å². The van der Waals surface area contributed by atoms with E-state index in [0.717, 1.165) is 6.42 Å². The molecule has 0 aromatic carbocycles. The van der Waals surface area contributed by atoms with Gasteiger partial charge in [-0.1, -0.05) is 22.6 Å². The first-order valence-electron chi connectivity index (χ1n) is 4.55. The standard InChI is InChI=1S/C8H13IN2O3/c1-10-8(12)6-4-5(11(13)14)2-3-7(6)9/h5-7H,2-4H2,1H3,(H,10,12). The van der Waals surface area contributed by atoms with Crippen molar-refractivity contribution in [1.29, 1.82) is 0 Å². The fourth-order valence-electron chi connectivity index (χ4n) is 1.76. The van der Waals surface area contributed by atoms with E-state index in [9.17, 15) is 14.9 Å². The lowest BCUT2D eigenvalue weighted by Crippen LogP contribution is -2.41. The van der Waals surface area contributed by atoms with Gasteiger partial charge in [0.25, 0.3) is 0 Å². The van der Waals surface area contributed by atoms with E-state index in [1.807, 2.05) is 0 Å². The number of nitrogens with one attached hydrogen (secondary N) is 1. The van der Waals surface area contributed by atoms with Crippen LogP contribution >= 0.6 is 22.6 Å². The highest BCUT2D eigenvalue weighted by atomic mass is 127. The lowest BCUT2D eigenvalue weighted by molar-refractivity contribution is -0.527. The van der Waals surface area contributed by atoms with Crippen LogP contribution in [0.5, 0.6) is 0 Å². The van der Waals surface area contributed by atoms with Gasteiger partial charge >= 0.3 is 0 Å². The fourth-order valence-corrected chi connectivity index (χ4v) is 2.74. The second-order valence-electron chi connectivity index (χ2n) is 3.49. The molecule has 1 aliphatic rings. The third-order valence-corrected chi connectivity index (χ3v) is 4.11. The Labute approximate surface area is 95.9 Å². The first-order valence-corrected chi connectivity index (χ1v) is 5.80. The number of carbonyl (C=O) groups is 1. The Bertz CT molecular complexity index is 247. The highest BCUT2D eigenvalue weighted by Crippen LogP contribution is 2.31. The van der Waals surface area contributed by atoms with Crippen LogP contribution in [0.3, 0.4) is 0 Å². The number of hydrogen-bond acceptors (Lipinski definition) is 3. The van der Waals surface area contributed by atoms with Crippen LogP contribution in [0.4, 0.5) is 0 Å². The predicted octanol–water partition coefficient (Wildman–Crippen LogP) is 0.981. The minimum Gasteiger partial charge on any atom is -0.359 e. The molecule has 0 aromatic rings. The number of rotatable bonds is 2. The maximum Gasteiger partial charge on any atom is 0.224 e. The normalized spacial score (nSPS) is 32.3. The van der Waals surface area contributed by atoms with E-state index in [1.54, 1.807) is 7.05 Å². The van der Waals surface area contributed by atoms with Crippen LogP contribution < -0.4 is 5.32 Å². The second kappa shape index (κ2) is 4.90. The molecular formula is C8H13IN2O3. The monoisotopic (exact) mass is 312 g/mol. The summed E-state index contributed by atoms with van der Waals surface area (Å²) in [6, 6.07) is -0.539. The lowest BCUT2D eigenvalue weighted by Gasteiger charge is -2.27. The van der Waals surface area contributed by atoms with Crippen molar-refractivity contribution in [3.05, 3.63) is 10.1 Å². The molecule has 0 radical (unpaired) electrons. The number of nitro groups is 1. The van der Waals surface area contributed by atoms with Gasteiger partial charge in [0, 0.05) is 28.7 Å². The van der Waals surface area contributed by atoms with Crippen molar-refractivity contribution >= 4 is 28.5 Å². The van der Waals surface area contributed by atoms with Gasteiger partial charge in [0.15, 0.2) is 0 Å². The predicted molar refractivity (Wildman–Crippen MR) is 60.0 cm³/mol. The summed E-state index contributed by atoms with van der Waals surface area (Å²) in [5.74, 6) is -0.277. The topological polar surface area (TPSA) is 72.2 Å². The zero-order chi connectivity index (χ0) is 10.7. The Balaban J connectivity index is 2.64. The molecule has 0 bridgehead atoms.